The van der Waals surface area contributed by atoms with Crippen LogP contribution in [-0.4, -0.2) is 51.3 Å². The number of hydrogen-bond acceptors (Lipinski definition) is 4. The van der Waals surface area contributed by atoms with Crippen molar-refractivity contribution in [1.82, 2.24) is 24.6 Å². The Bertz CT molecular complexity index is 1180. The molecule has 7 heteroatoms. The molecule has 0 aliphatic carbocycles. The summed E-state index contributed by atoms with van der Waals surface area (Å²) in [7, 11) is 1.95. The molecule has 1 saturated heterocycles. The second-order valence-electron chi connectivity index (χ2n) is 8.41. The maximum atomic E-state index is 13.1. The van der Waals surface area contributed by atoms with Crippen molar-refractivity contribution in [3.8, 4) is 16.3 Å². The van der Waals surface area contributed by atoms with Gasteiger partial charge in [0.1, 0.15) is 17.0 Å². The van der Waals surface area contributed by atoms with Crippen LogP contribution in [0.25, 0.3) is 27.3 Å². The van der Waals surface area contributed by atoms with Gasteiger partial charge in [-0.25, -0.2) is 4.68 Å². The first-order valence-corrected chi connectivity index (χ1v) is 12.3. The minimum Gasteiger partial charge on any atom is -0.349 e. The van der Waals surface area contributed by atoms with E-state index in [4.69, 9.17) is 5.10 Å². The third-order valence-corrected chi connectivity index (χ3v) is 7.13. The number of carbonyl (C=O) groups is 1. The summed E-state index contributed by atoms with van der Waals surface area (Å²) >= 11 is 1.66. The van der Waals surface area contributed by atoms with E-state index in [1.165, 1.54) is 25.7 Å². The molecular formula is C25H29N5OS. The first-order chi connectivity index (χ1) is 15.7. The molecule has 1 aromatic carbocycles. The zero-order valence-electron chi connectivity index (χ0n) is 18.5. The van der Waals surface area contributed by atoms with E-state index in [1.807, 2.05) is 58.8 Å². The molecule has 4 heterocycles. The second kappa shape index (κ2) is 9.30. The Morgan fingerprint density at radius 3 is 2.56 bits per heavy atom. The number of hydrogen-bond donors (Lipinski definition) is 1. The summed E-state index contributed by atoms with van der Waals surface area (Å²) in [5.41, 5.74) is 3.49. The number of nitrogens with zero attached hydrogens (tertiary/aromatic N) is 4. The highest BCUT2D eigenvalue weighted by atomic mass is 32.1. The third-order valence-electron chi connectivity index (χ3n) is 6.26. The largest absolute Gasteiger partial charge is 0.349 e. The van der Waals surface area contributed by atoms with E-state index in [-0.39, 0.29) is 5.91 Å². The molecule has 1 fully saturated rings. The Kier molecular flexibility index (Phi) is 6.10. The molecule has 0 unspecified atom stereocenters. The lowest BCUT2D eigenvalue weighted by atomic mass is 10.2. The number of carbonyl (C=O) groups excluding carboxylic acids is 1. The number of likely N-dealkylation sites (tertiary alicyclic amines) is 1. The zero-order chi connectivity index (χ0) is 21.9. The van der Waals surface area contributed by atoms with Crippen LogP contribution in [0.1, 0.15) is 36.2 Å². The van der Waals surface area contributed by atoms with Crippen molar-refractivity contribution in [2.45, 2.75) is 25.7 Å². The SMILES string of the molecule is Cn1c(C(=O)NCCN2CCCCCC2)cc2c(-c3cccs3)nn(-c3ccccc3)c21. The van der Waals surface area contributed by atoms with Crippen LogP contribution >= 0.6 is 11.3 Å². The van der Waals surface area contributed by atoms with E-state index in [2.05, 4.69) is 21.7 Å². The van der Waals surface area contributed by atoms with Crippen LogP contribution in [0.2, 0.25) is 0 Å². The smallest absolute Gasteiger partial charge is 0.268 e. The van der Waals surface area contributed by atoms with Crippen LogP contribution < -0.4 is 5.32 Å². The molecule has 0 bridgehead atoms. The van der Waals surface area contributed by atoms with Crippen molar-refractivity contribution >= 4 is 28.3 Å². The van der Waals surface area contributed by atoms with Crippen LogP contribution in [0.5, 0.6) is 0 Å². The molecule has 1 amide bonds. The lowest BCUT2D eigenvalue weighted by Gasteiger charge is -2.19. The molecule has 166 valence electrons. The molecule has 0 atom stereocenters. The molecule has 0 spiro atoms. The quantitative estimate of drug-likeness (QED) is 0.466. The van der Waals surface area contributed by atoms with Gasteiger partial charge in [0, 0.05) is 25.5 Å². The van der Waals surface area contributed by atoms with Crippen molar-refractivity contribution in [3.05, 3.63) is 59.6 Å². The van der Waals surface area contributed by atoms with Crippen LogP contribution in [0, 0.1) is 0 Å². The average molecular weight is 448 g/mol. The Labute approximate surface area is 192 Å². The maximum absolute atomic E-state index is 13.1. The van der Waals surface area contributed by atoms with Gasteiger partial charge in [0.25, 0.3) is 5.91 Å². The van der Waals surface area contributed by atoms with E-state index < -0.39 is 0 Å². The molecule has 0 radical (unpaired) electrons. The number of nitrogens with one attached hydrogen (secondary N) is 1. The lowest BCUT2D eigenvalue weighted by Crippen LogP contribution is -2.36. The van der Waals surface area contributed by atoms with Gasteiger partial charge in [0.15, 0.2) is 0 Å². The highest BCUT2D eigenvalue weighted by Gasteiger charge is 2.22. The molecule has 1 N–H and O–H groups in total. The second-order valence-corrected chi connectivity index (χ2v) is 9.36. The topological polar surface area (TPSA) is 55.1 Å². The molecule has 0 saturated carbocycles. The van der Waals surface area contributed by atoms with Gasteiger partial charge in [-0.15, -0.1) is 11.3 Å². The van der Waals surface area contributed by atoms with Crippen molar-refractivity contribution in [1.29, 1.82) is 0 Å². The highest BCUT2D eigenvalue weighted by molar-refractivity contribution is 7.13. The fourth-order valence-electron chi connectivity index (χ4n) is 4.56. The lowest BCUT2D eigenvalue weighted by molar-refractivity contribution is 0.0940. The van der Waals surface area contributed by atoms with Gasteiger partial charge in [-0.3, -0.25) is 4.79 Å². The Morgan fingerprint density at radius 1 is 1.06 bits per heavy atom. The first kappa shape index (κ1) is 21.0. The number of fused-ring (bicyclic) bond motifs is 1. The molecule has 1 aliphatic heterocycles. The summed E-state index contributed by atoms with van der Waals surface area (Å²) in [4.78, 5) is 16.7. The van der Waals surface area contributed by atoms with Crippen LogP contribution in [-0.2, 0) is 7.05 Å². The summed E-state index contributed by atoms with van der Waals surface area (Å²) < 4.78 is 3.91. The van der Waals surface area contributed by atoms with Crippen molar-refractivity contribution in [3.63, 3.8) is 0 Å². The average Bonchev–Trinajstić information content (AvgIpc) is 3.48. The Hall–Kier alpha value is -2.90. The van der Waals surface area contributed by atoms with Gasteiger partial charge in [-0.05, 0) is 55.6 Å². The molecule has 3 aromatic heterocycles. The standard InChI is InChI=1S/C25H29N5OS/c1-28-21(24(31)26-13-16-29-14-7-2-3-8-15-29)18-20-23(22-12-9-17-32-22)27-30(25(20)28)19-10-5-4-6-11-19/h4-6,9-12,17-18H,2-3,7-8,13-16H2,1H3,(H,26,31). The van der Waals surface area contributed by atoms with Gasteiger partial charge >= 0.3 is 0 Å². The van der Waals surface area contributed by atoms with Gasteiger partial charge in [-0.2, -0.15) is 5.10 Å². The fraction of sp³-hybridized carbons (Fsp3) is 0.360. The number of amides is 1. The molecule has 1 aliphatic rings. The Balaban J connectivity index is 1.44. The number of benzene rings is 1. The van der Waals surface area contributed by atoms with E-state index in [0.717, 1.165) is 46.9 Å². The van der Waals surface area contributed by atoms with E-state index in [1.54, 1.807) is 11.3 Å². The van der Waals surface area contributed by atoms with Gasteiger partial charge in [0.2, 0.25) is 0 Å². The number of aryl methyl sites for hydroxylation is 1. The summed E-state index contributed by atoms with van der Waals surface area (Å²) in [6.45, 7) is 3.86. The van der Waals surface area contributed by atoms with Gasteiger partial charge in [0.05, 0.1) is 10.6 Å². The van der Waals surface area contributed by atoms with E-state index in [9.17, 15) is 4.79 Å². The normalized spacial score (nSPS) is 15.2. The number of rotatable bonds is 6. The van der Waals surface area contributed by atoms with Crippen LogP contribution in [0.15, 0.2) is 53.9 Å². The van der Waals surface area contributed by atoms with E-state index in [0.29, 0.717) is 12.2 Å². The third kappa shape index (κ3) is 4.10. The fourth-order valence-corrected chi connectivity index (χ4v) is 5.29. The number of thiophene rings is 1. The van der Waals surface area contributed by atoms with Crippen LogP contribution in [0.4, 0.5) is 0 Å². The zero-order valence-corrected chi connectivity index (χ0v) is 19.3. The predicted octanol–water partition coefficient (Wildman–Crippen LogP) is 4.70. The minimum absolute atomic E-state index is 0.0322. The van der Waals surface area contributed by atoms with Gasteiger partial charge in [-0.1, -0.05) is 37.1 Å². The molecule has 6 nitrogen and oxygen atoms in total. The van der Waals surface area contributed by atoms with Crippen molar-refractivity contribution in [2.24, 2.45) is 7.05 Å². The summed E-state index contributed by atoms with van der Waals surface area (Å²) in [6, 6.07) is 16.2. The molecule has 32 heavy (non-hydrogen) atoms. The number of para-hydroxylation sites is 1. The summed E-state index contributed by atoms with van der Waals surface area (Å²) in [6.07, 6.45) is 5.17. The van der Waals surface area contributed by atoms with Gasteiger partial charge < -0.3 is 14.8 Å². The van der Waals surface area contributed by atoms with Crippen molar-refractivity contribution < 1.29 is 4.79 Å². The van der Waals surface area contributed by atoms with Crippen molar-refractivity contribution in [2.75, 3.05) is 26.2 Å². The van der Waals surface area contributed by atoms with Crippen LogP contribution in [0.3, 0.4) is 0 Å². The monoisotopic (exact) mass is 447 g/mol. The highest BCUT2D eigenvalue weighted by Crippen LogP contribution is 2.34. The minimum atomic E-state index is -0.0322. The first-order valence-electron chi connectivity index (χ1n) is 11.4. The molecule has 4 aromatic rings. The molecule has 5 rings (SSSR count). The predicted molar refractivity (Wildman–Crippen MR) is 131 cm³/mol. The molecular weight excluding hydrogens is 418 g/mol. The summed E-state index contributed by atoms with van der Waals surface area (Å²) in [5, 5.41) is 11.1. The number of aromatic nitrogens is 3. The maximum Gasteiger partial charge on any atom is 0.268 e. The Morgan fingerprint density at radius 2 is 1.84 bits per heavy atom. The summed E-state index contributed by atoms with van der Waals surface area (Å²) in [5.74, 6) is -0.0322. The van der Waals surface area contributed by atoms with E-state index >= 15 is 0 Å².